The van der Waals surface area contributed by atoms with E-state index in [1.165, 1.54) is 6.07 Å². The van der Waals surface area contributed by atoms with E-state index in [2.05, 4.69) is 34.7 Å². The van der Waals surface area contributed by atoms with Crippen molar-refractivity contribution in [1.29, 1.82) is 0 Å². The minimum atomic E-state index is -0.617. The summed E-state index contributed by atoms with van der Waals surface area (Å²) in [4.78, 5) is 40.1. The summed E-state index contributed by atoms with van der Waals surface area (Å²) < 4.78 is 21.9. The van der Waals surface area contributed by atoms with Crippen LogP contribution in [0.5, 0.6) is 0 Å². The molecule has 0 saturated heterocycles. The Balaban J connectivity index is 1.33. The number of fused-ring (bicyclic) bond motifs is 3. The molecule has 2 aliphatic carbocycles. The SMILES string of the molecule is CCOC(=O)c1cc(CN(C(=O)OCC2c3ccccc3-c3ccccc32)[C@@H]2CCC[C@@H](NC(=O)OC(C)(C)C)C2)on1. The first-order valence-electron chi connectivity index (χ1n) is 14.9. The summed E-state index contributed by atoms with van der Waals surface area (Å²) in [7, 11) is 0. The number of hydrogen-bond acceptors (Lipinski definition) is 8. The highest BCUT2D eigenvalue weighted by Crippen LogP contribution is 2.44. The van der Waals surface area contributed by atoms with Gasteiger partial charge in [0, 0.05) is 24.1 Å². The van der Waals surface area contributed by atoms with Gasteiger partial charge in [0.05, 0.1) is 13.2 Å². The van der Waals surface area contributed by atoms with E-state index in [9.17, 15) is 14.4 Å². The van der Waals surface area contributed by atoms with Crippen LogP contribution in [0, 0.1) is 0 Å². The van der Waals surface area contributed by atoms with Crippen molar-refractivity contribution in [2.24, 2.45) is 0 Å². The van der Waals surface area contributed by atoms with Gasteiger partial charge in [0.25, 0.3) is 0 Å². The first-order valence-corrected chi connectivity index (χ1v) is 14.9. The van der Waals surface area contributed by atoms with Gasteiger partial charge in [0.15, 0.2) is 11.5 Å². The average Bonchev–Trinajstić information content (AvgIpc) is 3.57. The molecule has 1 N–H and O–H groups in total. The first kappa shape index (κ1) is 30.1. The number of ether oxygens (including phenoxy) is 3. The lowest BCUT2D eigenvalue weighted by molar-refractivity contribution is 0.0438. The third kappa shape index (κ3) is 7.18. The van der Waals surface area contributed by atoms with Crippen molar-refractivity contribution < 1.29 is 33.1 Å². The Morgan fingerprint density at radius 1 is 1.00 bits per heavy atom. The molecule has 1 aromatic heterocycles. The average molecular weight is 590 g/mol. The standard InChI is InChI=1S/C33H39N3O7/c1-5-40-30(37)29-18-23(43-35-29)19-36(22-12-10-11-21(17-22)34-31(38)42-33(2,3)4)32(39)41-20-28-26-15-8-6-13-24(26)25-14-7-9-16-27(25)28/h6-9,13-16,18,21-22,28H,5,10-12,17,19-20H2,1-4H3,(H,34,38)/t21-,22-/m1/s1. The van der Waals surface area contributed by atoms with E-state index in [0.29, 0.717) is 12.2 Å². The normalized spacial score (nSPS) is 17.9. The number of amides is 2. The van der Waals surface area contributed by atoms with Gasteiger partial charge in [-0.05, 0) is 75.6 Å². The fraction of sp³-hybridized carbons (Fsp3) is 0.455. The summed E-state index contributed by atoms with van der Waals surface area (Å²) in [6.07, 6.45) is 1.81. The number of hydrogen-bond donors (Lipinski definition) is 1. The molecule has 1 heterocycles. The Morgan fingerprint density at radius 2 is 1.67 bits per heavy atom. The molecule has 2 aliphatic rings. The lowest BCUT2D eigenvalue weighted by Crippen LogP contribution is -2.48. The summed E-state index contributed by atoms with van der Waals surface area (Å²) in [5.74, 6) is -0.352. The molecule has 2 atom stereocenters. The fourth-order valence-corrected chi connectivity index (χ4v) is 5.93. The van der Waals surface area contributed by atoms with Crippen LogP contribution in [0.2, 0.25) is 0 Å². The van der Waals surface area contributed by atoms with E-state index in [0.717, 1.165) is 41.5 Å². The monoisotopic (exact) mass is 589 g/mol. The van der Waals surface area contributed by atoms with E-state index in [-0.39, 0.29) is 43.5 Å². The van der Waals surface area contributed by atoms with Crippen LogP contribution >= 0.6 is 0 Å². The maximum absolute atomic E-state index is 13.8. The number of carbonyl (C=O) groups excluding carboxylic acids is 3. The second kappa shape index (κ2) is 12.9. The van der Waals surface area contributed by atoms with Gasteiger partial charge in [-0.3, -0.25) is 4.90 Å². The molecule has 0 bridgehead atoms. The van der Waals surface area contributed by atoms with Crippen molar-refractivity contribution in [3.8, 4) is 11.1 Å². The lowest BCUT2D eigenvalue weighted by Gasteiger charge is -2.37. The Hall–Kier alpha value is -4.34. The van der Waals surface area contributed by atoms with Crippen molar-refractivity contribution in [2.75, 3.05) is 13.2 Å². The Labute approximate surface area is 251 Å². The summed E-state index contributed by atoms with van der Waals surface area (Å²) in [6.45, 7) is 7.59. The van der Waals surface area contributed by atoms with Crippen molar-refractivity contribution in [3.05, 3.63) is 77.2 Å². The highest BCUT2D eigenvalue weighted by atomic mass is 16.6. The zero-order chi connectivity index (χ0) is 30.6. The zero-order valence-electron chi connectivity index (χ0n) is 25.1. The molecule has 1 saturated carbocycles. The van der Waals surface area contributed by atoms with Gasteiger partial charge in [-0.15, -0.1) is 0 Å². The van der Waals surface area contributed by atoms with E-state index < -0.39 is 23.8 Å². The van der Waals surface area contributed by atoms with E-state index >= 15 is 0 Å². The van der Waals surface area contributed by atoms with Crippen LogP contribution in [0.25, 0.3) is 11.1 Å². The number of nitrogens with zero attached hydrogens (tertiary/aromatic N) is 2. The number of alkyl carbamates (subject to hydrolysis) is 1. The predicted molar refractivity (Wildman–Crippen MR) is 158 cm³/mol. The van der Waals surface area contributed by atoms with Crippen LogP contribution in [0.1, 0.15) is 86.7 Å². The smallest absolute Gasteiger partial charge is 0.410 e. The van der Waals surface area contributed by atoms with Crippen LogP contribution in [-0.2, 0) is 20.8 Å². The molecule has 0 aliphatic heterocycles. The summed E-state index contributed by atoms with van der Waals surface area (Å²) in [6, 6.07) is 17.4. The largest absolute Gasteiger partial charge is 0.461 e. The van der Waals surface area contributed by atoms with Gasteiger partial charge >= 0.3 is 18.2 Å². The molecule has 0 unspecified atom stereocenters. The topological polar surface area (TPSA) is 120 Å². The quantitative estimate of drug-likeness (QED) is 0.236. The molecule has 1 fully saturated rings. The van der Waals surface area contributed by atoms with Crippen LogP contribution in [0.3, 0.4) is 0 Å². The van der Waals surface area contributed by atoms with Gasteiger partial charge in [0.1, 0.15) is 12.2 Å². The van der Waals surface area contributed by atoms with E-state index in [4.69, 9.17) is 18.7 Å². The number of esters is 1. The molecule has 10 heteroatoms. The fourth-order valence-electron chi connectivity index (χ4n) is 5.93. The summed E-state index contributed by atoms with van der Waals surface area (Å²) >= 11 is 0. The molecular weight excluding hydrogens is 550 g/mol. The van der Waals surface area contributed by atoms with Gasteiger partial charge < -0.3 is 24.1 Å². The van der Waals surface area contributed by atoms with Crippen molar-refractivity contribution in [2.45, 2.75) is 83.5 Å². The number of nitrogens with one attached hydrogen (secondary N) is 1. The summed E-state index contributed by atoms with van der Waals surface area (Å²) in [5.41, 5.74) is 3.96. The third-order valence-corrected chi connectivity index (χ3v) is 7.75. The molecule has 3 aromatic rings. The maximum Gasteiger partial charge on any atom is 0.410 e. The molecule has 43 heavy (non-hydrogen) atoms. The number of aromatic nitrogens is 1. The number of carbonyl (C=O) groups is 3. The van der Waals surface area contributed by atoms with Crippen LogP contribution in [0.4, 0.5) is 9.59 Å². The van der Waals surface area contributed by atoms with E-state index in [1.54, 1.807) is 11.8 Å². The van der Waals surface area contributed by atoms with Crippen LogP contribution in [0.15, 0.2) is 59.1 Å². The van der Waals surface area contributed by atoms with Gasteiger partial charge in [0.2, 0.25) is 0 Å². The summed E-state index contributed by atoms with van der Waals surface area (Å²) in [5, 5.41) is 6.80. The third-order valence-electron chi connectivity index (χ3n) is 7.75. The minimum absolute atomic E-state index is 0.0393. The molecule has 0 radical (unpaired) electrons. The van der Waals surface area contributed by atoms with Crippen LogP contribution in [-0.4, -0.2) is 59.1 Å². The molecule has 0 spiro atoms. The Morgan fingerprint density at radius 3 is 2.33 bits per heavy atom. The second-order valence-electron chi connectivity index (χ2n) is 12.0. The number of benzene rings is 2. The number of rotatable bonds is 8. The first-order chi connectivity index (χ1) is 20.6. The molecule has 228 valence electrons. The van der Waals surface area contributed by atoms with Gasteiger partial charge in [-0.2, -0.15) is 0 Å². The molecule has 2 amide bonds. The maximum atomic E-state index is 13.8. The second-order valence-corrected chi connectivity index (χ2v) is 12.0. The predicted octanol–water partition coefficient (Wildman–Crippen LogP) is 6.44. The van der Waals surface area contributed by atoms with E-state index in [1.807, 2.05) is 45.0 Å². The Bertz CT molecular complexity index is 1410. The molecule has 10 nitrogen and oxygen atoms in total. The molecular formula is C33H39N3O7. The highest BCUT2D eigenvalue weighted by Gasteiger charge is 2.35. The van der Waals surface area contributed by atoms with Crippen molar-refractivity contribution in [3.63, 3.8) is 0 Å². The zero-order valence-corrected chi connectivity index (χ0v) is 25.1. The minimum Gasteiger partial charge on any atom is -0.461 e. The Kier molecular flexibility index (Phi) is 9.03. The van der Waals surface area contributed by atoms with Gasteiger partial charge in [-0.1, -0.05) is 53.7 Å². The van der Waals surface area contributed by atoms with Gasteiger partial charge in [-0.25, -0.2) is 14.4 Å². The highest BCUT2D eigenvalue weighted by molar-refractivity contribution is 5.87. The van der Waals surface area contributed by atoms with Crippen LogP contribution < -0.4 is 5.32 Å². The van der Waals surface area contributed by atoms with Crippen molar-refractivity contribution >= 4 is 18.2 Å². The van der Waals surface area contributed by atoms with Crippen molar-refractivity contribution in [1.82, 2.24) is 15.4 Å². The lowest BCUT2D eigenvalue weighted by atomic mass is 9.90. The molecule has 5 rings (SSSR count). The molecule has 2 aromatic carbocycles.